The third kappa shape index (κ3) is 5.84. The van der Waals surface area contributed by atoms with Gasteiger partial charge in [0.05, 0.1) is 7.11 Å². The number of benzene rings is 1. The number of rotatable bonds is 5. The van der Waals surface area contributed by atoms with E-state index in [-0.39, 0.29) is 24.2 Å². The Labute approximate surface area is 167 Å². The molecule has 2 fully saturated rings. The first kappa shape index (κ1) is 21.5. The summed E-state index contributed by atoms with van der Waals surface area (Å²) in [5.41, 5.74) is 0.663. The van der Waals surface area contributed by atoms with Gasteiger partial charge in [-0.05, 0) is 62.5 Å². The Morgan fingerprint density at radius 2 is 1.63 bits per heavy atom. The molecule has 7 heteroatoms. The van der Waals surface area contributed by atoms with Gasteiger partial charge in [0.1, 0.15) is 5.75 Å². The number of ether oxygens (including phenoxy) is 1. The molecule has 27 heavy (non-hydrogen) atoms. The first-order valence-corrected chi connectivity index (χ1v) is 9.59. The Bertz CT molecular complexity index is 609. The lowest BCUT2D eigenvalue weighted by atomic mass is 9.93. The molecule has 2 aliphatic rings. The number of hydrogen-bond acceptors (Lipinski definition) is 4. The van der Waals surface area contributed by atoms with Crippen LogP contribution in [0.1, 0.15) is 36.0 Å². The molecule has 0 bridgehead atoms. The second-order valence-electron chi connectivity index (χ2n) is 7.13. The molecule has 2 aliphatic heterocycles. The fraction of sp³-hybridized carbons (Fsp3) is 0.600. The van der Waals surface area contributed by atoms with Crippen molar-refractivity contribution in [3.8, 4) is 5.75 Å². The van der Waals surface area contributed by atoms with Gasteiger partial charge in [-0.15, -0.1) is 12.4 Å². The van der Waals surface area contributed by atoms with Gasteiger partial charge in [-0.2, -0.15) is 0 Å². The van der Waals surface area contributed by atoms with Gasteiger partial charge in [0, 0.05) is 38.2 Å². The van der Waals surface area contributed by atoms with Gasteiger partial charge in [0.2, 0.25) is 5.91 Å². The van der Waals surface area contributed by atoms with Crippen molar-refractivity contribution in [1.29, 1.82) is 0 Å². The molecule has 0 radical (unpaired) electrons. The summed E-state index contributed by atoms with van der Waals surface area (Å²) in [5.74, 6) is 1.68. The van der Waals surface area contributed by atoms with E-state index in [1.807, 2.05) is 9.80 Å². The summed E-state index contributed by atoms with van der Waals surface area (Å²) < 4.78 is 5.13. The van der Waals surface area contributed by atoms with Crippen molar-refractivity contribution in [3.63, 3.8) is 0 Å². The highest BCUT2D eigenvalue weighted by Crippen LogP contribution is 2.19. The van der Waals surface area contributed by atoms with E-state index in [0.29, 0.717) is 44.1 Å². The normalized spacial score (nSPS) is 18.0. The van der Waals surface area contributed by atoms with Crippen molar-refractivity contribution in [2.75, 3.05) is 46.4 Å². The quantitative estimate of drug-likeness (QED) is 0.830. The van der Waals surface area contributed by atoms with Gasteiger partial charge in [-0.3, -0.25) is 9.59 Å². The summed E-state index contributed by atoms with van der Waals surface area (Å²) >= 11 is 0. The number of carbonyl (C=O) groups is 2. The van der Waals surface area contributed by atoms with Crippen LogP contribution in [0.5, 0.6) is 5.75 Å². The van der Waals surface area contributed by atoms with Crippen LogP contribution in [0.15, 0.2) is 24.3 Å². The number of hydrogen-bond donors (Lipinski definition) is 1. The van der Waals surface area contributed by atoms with Crippen LogP contribution in [0.25, 0.3) is 0 Å². The van der Waals surface area contributed by atoms with E-state index in [2.05, 4.69) is 5.32 Å². The fourth-order valence-electron chi connectivity index (χ4n) is 3.73. The number of carbonyl (C=O) groups excluding carboxylic acids is 2. The first-order chi connectivity index (χ1) is 12.7. The predicted octanol–water partition coefficient (Wildman–Crippen LogP) is 2.18. The van der Waals surface area contributed by atoms with Crippen LogP contribution < -0.4 is 10.1 Å². The van der Waals surface area contributed by atoms with Crippen molar-refractivity contribution in [2.24, 2.45) is 5.92 Å². The number of piperidine rings is 1. The molecule has 150 valence electrons. The zero-order valence-electron chi connectivity index (χ0n) is 16.0. The van der Waals surface area contributed by atoms with E-state index in [9.17, 15) is 9.59 Å². The maximum atomic E-state index is 12.6. The van der Waals surface area contributed by atoms with Gasteiger partial charge in [-0.25, -0.2) is 0 Å². The lowest BCUT2D eigenvalue weighted by Crippen LogP contribution is -2.50. The maximum Gasteiger partial charge on any atom is 0.253 e. The zero-order valence-corrected chi connectivity index (χ0v) is 16.8. The minimum Gasteiger partial charge on any atom is -0.497 e. The molecule has 2 heterocycles. The Hall–Kier alpha value is -1.79. The fourth-order valence-corrected chi connectivity index (χ4v) is 3.73. The minimum absolute atomic E-state index is 0. The maximum absolute atomic E-state index is 12.6. The van der Waals surface area contributed by atoms with Crippen molar-refractivity contribution in [3.05, 3.63) is 29.8 Å². The lowest BCUT2D eigenvalue weighted by Gasteiger charge is -2.35. The molecule has 0 spiro atoms. The lowest BCUT2D eigenvalue weighted by molar-refractivity contribution is -0.133. The summed E-state index contributed by atoms with van der Waals surface area (Å²) in [6, 6.07) is 7.18. The highest BCUT2D eigenvalue weighted by atomic mass is 35.5. The Balaban J connectivity index is 0.00000261. The molecule has 0 aliphatic carbocycles. The van der Waals surface area contributed by atoms with Crippen molar-refractivity contribution in [2.45, 2.75) is 25.7 Å². The largest absolute Gasteiger partial charge is 0.497 e. The summed E-state index contributed by atoms with van der Waals surface area (Å²) in [5, 5.41) is 3.36. The van der Waals surface area contributed by atoms with E-state index < -0.39 is 0 Å². The van der Waals surface area contributed by atoms with Gasteiger partial charge in [0.15, 0.2) is 0 Å². The van der Waals surface area contributed by atoms with Gasteiger partial charge >= 0.3 is 0 Å². The van der Waals surface area contributed by atoms with Crippen LogP contribution in [0.3, 0.4) is 0 Å². The van der Waals surface area contributed by atoms with Gasteiger partial charge < -0.3 is 19.9 Å². The molecule has 1 aromatic carbocycles. The zero-order chi connectivity index (χ0) is 18.4. The van der Waals surface area contributed by atoms with Crippen LogP contribution in [-0.4, -0.2) is 68.0 Å². The molecular weight excluding hydrogens is 366 g/mol. The monoisotopic (exact) mass is 395 g/mol. The van der Waals surface area contributed by atoms with Crippen LogP contribution in [0.2, 0.25) is 0 Å². The van der Waals surface area contributed by atoms with E-state index in [1.54, 1.807) is 31.4 Å². The molecule has 2 saturated heterocycles. The molecule has 1 aromatic rings. The number of nitrogens with zero attached hydrogens (tertiary/aromatic N) is 2. The molecule has 0 saturated carbocycles. The molecule has 0 unspecified atom stereocenters. The first-order valence-electron chi connectivity index (χ1n) is 9.59. The molecular formula is C20H30ClN3O3. The topological polar surface area (TPSA) is 61.9 Å². The third-order valence-corrected chi connectivity index (χ3v) is 5.48. The third-order valence-electron chi connectivity index (χ3n) is 5.48. The Morgan fingerprint density at radius 1 is 1.04 bits per heavy atom. The highest BCUT2D eigenvalue weighted by molar-refractivity contribution is 5.94. The van der Waals surface area contributed by atoms with Crippen molar-refractivity contribution < 1.29 is 14.3 Å². The smallest absolute Gasteiger partial charge is 0.253 e. The SMILES string of the molecule is COc1ccc(C(=O)N2CCN(C(=O)CCC3CCNCC3)CC2)cc1.Cl. The van der Waals surface area contributed by atoms with E-state index >= 15 is 0 Å². The standard InChI is InChI=1S/C20H29N3O3.ClH/c1-26-18-5-3-17(4-6-18)20(25)23-14-12-22(13-15-23)19(24)7-2-16-8-10-21-11-9-16;/h3-6,16,21H,2,7-15H2,1H3;1H. The number of halogens is 1. The Morgan fingerprint density at radius 3 is 2.22 bits per heavy atom. The van der Waals surface area contributed by atoms with E-state index in [0.717, 1.165) is 25.3 Å². The molecule has 0 atom stereocenters. The van der Waals surface area contributed by atoms with Crippen LogP contribution in [-0.2, 0) is 4.79 Å². The van der Waals surface area contributed by atoms with Crippen LogP contribution in [0, 0.1) is 5.92 Å². The van der Waals surface area contributed by atoms with Gasteiger partial charge in [-0.1, -0.05) is 0 Å². The highest BCUT2D eigenvalue weighted by Gasteiger charge is 2.25. The van der Waals surface area contributed by atoms with E-state index in [1.165, 1.54) is 12.8 Å². The molecule has 2 amide bonds. The molecule has 1 N–H and O–H groups in total. The average molecular weight is 396 g/mol. The molecule has 0 aromatic heterocycles. The number of amides is 2. The summed E-state index contributed by atoms with van der Waals surface area (Å²) in [7, 11) is 1.61. The summed E-state index contributed by atoms with van der Waals surface area (Å²) in [6.07, 6.45) is 3.98. The average Bonchev–Trinajstić information content (AvgIpc) is 2.72. The summed E-state index contributed by atoms with van der Waals surface area (Å²) in [4.78, 5) is 28.8. The second-order valence-corrected chi connectivity index (χ2v) is 7.13. The number of nitrogens with one attached hydrogen (secondary N) is 1. The molecule has 6 nitrogen and oxygen atoms in total. The summed E-state index contributed by atoms with van der Waals surface area (Å²) in [6.45, 7) is 4.61. The van der Waals surface area contributed by atoms with Gasteiger partial charge in [0.25, 0.3) is 5.91 Å². The van der Waals surface area contributed by atoms with Crippen molar-refractivity contribution in [1.82, 2.24) is 15.1 Å². The van der Waals surface area contributed by atoms with E-state index in [4.69, 9.17) is 4.74 Å². The van der Waals surface area contributed by atoms with Crippen LogP contribution in [0.4, 0.5) is 0 Å². The Kier molecular flexibility index (Phi) is 8.38. The number of methoxy groups -OCH3 is 1. The second kappa shape index (κ2) is 10.5. The van der Waals surface area contributed by atoms with Crippen LogP contribution >= 0.6 is 12.4 Å². The molecule has 3 rings (SSSR count). The van der Waals surface area contributed by atoms with Crippen molar-refractivity contribution >= 4 is 24.2 Å². The predicted molar refractivity (Wildman–Crippen MR) is 108 cm³/mol. The number of piperazine rings is 1. The minimum atomic E-state index is 0.